The molecule has 0 aliphatic carbocycles. The summed E-state index contributed by atoms with van der Waals surface area (Å²) in [5.41, 5.74) is 1.66. The van der Waals surface area contributed by atoms with Gasteiger partial charge in [0.25, 0.3) is 17.7 Å². The fraction of sp³-hybridized carbons (Fsp3) is 0.250. The molecule has 1 aromatic carbocycles. The second-order valence-corrected chi connectivity index (χ2v) is 6.12. The monoisotopic (exact) mass is 345 g/mol. The van der Waals surface area contributed by atoms with Gasteiger partial charge in [0.15, 0.2) is 5.13 Å². The van der Waals surface area contributed by atoms with Crippen LogP contribution >= 0.6 is 11.3 Å². The van der Waals surface area contributed by atoms with Crippen LogP contribution in [-0.2, 0) is 4.74 Å². The Morgan fingerprint density at radius 1 is 1.29 bits per heavy atom. The Morgan fingerprint density at radius 3 is 2.71 bits per heavy atom. The molecule has 0 saturated carbocycles. The van der Waals surface area contributed by atoms with Gasteiger partial charge in [-0.05, 0) is 25.1 Å². The summed E-state index contributed by atoms with van der Waals surface area (Å²) in [7, 11) is 1.50. The Morgan fingerprint density at radius 2 is 2.04 bits per heavy atom. The molecule has 1 aromatic heterocycles. The second kappa shape index (κ2) is 6.50. The van der Waals surface area contributed by atoms with Gasteiger partial charge in [-0.3, -0.25) is 24.6 Å². The summed E-state index contributed by atoms with van der Waals surface area (Å²) in [6, 6.07) is 4.47. The van der Waals surface area contributed by atoms with Crippen LogP contribution in [0.1, 0.15) is 36.8 Å². The van der Waals surface area contributed by atoms with E-state index in [9.17, 15) is 14.4 Å². The van der Waals surface area contributed by atoms with Crippen LogP contribution < -0.4 is 5.32 Å². The number of methoxy groups -OCH3 is 1. The van der Waals surface area contributed by atoms with E-state index in [1.54, 1.807) is 0 Å². The molecule has 0 fully saturated rings. The number of ether oxygens (including phenoxy) is 1. The molecule has 24 heavy (non-hydrogen) atoms. The highest BCUT2D eigenvalue weighted by molar-refractivity contribution is 7.13. The smallest absolute Gasteiger partial charge is 0.261 e. The second-order valence-electron chi connectivity index (χ2n) is 5.26. The van der Waals surface area contributed by atoms with E-state index in [0.29, 0.717) is 16.3 Å². The predicted molar refractivity (Wildman–Crippen MR) is 88.5 cm³/mol. The summed E-state index contributed by atoms with van der Waals surface area (Å²) in [4.78, 5) is 42.2. The molecule has 0 atom stereocenters. The molecule has 0 bridgehead atoms. The highest BCUT2D eigenvalue weighted by Gasteiger charge is 2.35. The molecule has 1 N–H and O–H groups in total. The molecular formula is C16H15N3O4S. The summed E-state index contributed by atoms with van der Waals surface area (Å²) in [5, 5.41) is 5.00. The molecule has 2 heterocycles. The van der Waals surface area contributed by atoms with Gasteiger partial charge in [0.1, 0.15) is 0 Å². The van der Waals surface area contributed by atoms with Crippen molar-refractivity contribution in [2.24, 2.45) is 0 Å². The van der Waals surface area contributed by atoms with Crippen molar-refractivity contribution >= 4 is 34.2 Å². The third-order valence-corrected chi connectivity index (χ3v) is 4.47. The van der Waals surface area contributed by atoms with Gasteiger partial charge in [-0.15, -0.1) is 11.3 Å². The first kappa shape index (κ1) is 16.3. The molecular weight excluding hydrogens is 330 g/mol. The lowest BCUT2D eigenvalue weighted by Crippen LogP contribution is -2.32. The van der Waals surface area contributed by atoms with Gasteiger partial charge in [-0.1, -0.05) is 0 Å². The summed E-state index contributed by atoms with van der Waals surface area (Å²) in [6.07, 6.45) is 0. The maximum Gasteiger partial charge on any atom is 0.261 e. The summed E-state index contributed by atoms with van der Waals surface area (Å²) in [5.74, 6) is -1.15. The van der Waals surface area contributed by atoms with Crippen LogP contribution in [-0.4, -0.2) is 47.9 Å². The zero-order valence-electron chi connectivity index (χ0n) is 13.2. The molecule has 124 valence electrons. The van der Waals surface area contributed by atoms with Gasteiger partial charge in [0.05, 0.1) is 30.0 Å². The van der Waals surface area contributed by atoms with E-state index in [4.69, 9.17) is 4.74 Å². The number of carbonyl (C=O) groups is 3. The molecule has 0 spiro atoms. The number of carbonyl (C=O) groups excluding carboxylic acids is 3. The van der Waals surface area contributed by atoms with E-state index in [2.05, 4.69) is 10.3 Å². The van der Waals surface area contributed by atoms with Crippen molar-refractivity contribution < 1.29 is 19.1 Å². The van der Waals surface area contributed by atoms with Crippen molar-refractivity contribution in [3.05, 3.63) is 46.0 Å². The van der Waals surface area contributed by atoms with Crippen molar-refractivity contribution in [1.29, 1.82) is 0 Å². The maximum absolute atomic E-state index is 12.4. The summed E-state index contributed by atoms with van der Waals surface area (Å²) < 4.78 is 4.91. The van der Waals surface area contributed by atoms with E-state index < -0.39 is 5.91 Å². The number of thiazole rings is 1. The quantitative estimate of drug-likeness (QED) is 0.837. The van der Waals surface area contributed by atoms with Gasteiger partial charge in [-0.25, -0.2) is 4.98 Å². The van der Waals surface area contributed by atoms with Gasteiger partial charge >= 0.3 is 0 Å². The van der Waals surface area contributed by atoms with Gasteiger partial charge in [0, 0.05) is 18.1 Å². The largest absolute Gasteiger partial charge is 0.383 e. The zero-order chi connectivity index (χ0) is 17.3. The van der Waals surface area contributed by atoms with E-state index in [-0.39, 0.29) is 30.5 Å². The first-order chi connectivity index (χ1) is 11.5. The van der Waals surface area contributed by atoms with E-state index in [1.807, 2.05) is 12.3 Å². The number of aromatic nitrogens is 1. The van der Waals surface area contributed by atoms with Crippen molar-refractivity contribution in [3.63, 3.8) is 0 Å². The third-order valence-electron chi connectivity index (χ3n) is 3.59. The lowest BCUT2D eigenvalue weighted by Gasteiger charge is -2.12. The van der Waals surface area contributed by atoms with Gasteiger partial charge < -0.3 is 4.74 Å². The van der Waals surface area contributed by atoms with E-state index in [1.165, 1.54) is 36.6 Å². The number of fused-ring (bicyclic) bond motifs is 1. The summed E-state index contributed by atoms with van der Waals surface area (Å²) in [6.45, 7) is 2.28. The lowest BCUT2D eigenvalue weighted by atomic mass is 10.1. The number of imide groups is 1. The Bertz CT molecular complexity index is 830. The minimum absolute atomic E-state index is 0.183. The number of amides is 3. The maximum atomic E-state index is 12.4. The van der Waals surface area contributed by atoms with Crippen molar-refractivity contribution in [3.8, 4) is 0 Å². The number of anilines is 1. The molecule has 1 aliphatic heterocycles. The Labute approximate surface area is 142 Å². The Hall–Kier alpha value is -2.58. The molecule has 1 aliphatic rings. The third kappa shape index (κ3) is 2.93. The van der Waals surface area contributed by atoms with Crippen LogP contribution in [0.2, 0.25) is 0 Å². The number of nitrogens with one attached hydrogen (secondary N) is 1. The highest BCUT2D eigenvalue weighted by atomic mass is 32.1. The number of hydrogen-bond donors (Lipinski definition) is 1. The van der Waals surface area contributed by atoms with Gasteiger partial charge in [-0.2, -0.15) is 0 Å². The zero-order valence-corrected chi connectivity index (χ0v) is 14.0. The molecule has 8 heteroatoms. The Kier molecular flexibility index (Phi) is 4.41. The number of nitrogens with zero attached hydrogens (tertiary/aromatic N) is 2. The number of benzene rings is 1. The van der Waals surface area contributed by atoms with Crippen LogP contribution in [0.3, 0.4) is 0 Å². The molecule has 0 radical (unpaired) electrons. The van der Waals surface area contributed by atoms with E-state index >= 15 is 0 Å². The number of rotatable bonds is 5. The average molecular weight is 345 g/mol. The number of aryl methyl sites for hydroxylation is 1. The van der Waals surface area contributed by atoms with Crippen LogP contribution in [0, 0.1) is 6.92 Å². The van der Waals surface area contributed by atoms with Gasteiger partial charge in [0.2, 0.25) is 0 Å². The fourth-order valence-corrected chi connectivity index (χ4v) is 3.08. The molecule has 3 rings (SSSR count). The van der Waals surface area contributed by atoms with Crippen LogP contribution in [0.25, 0.3) is 0 Å². The minimum atomic E-state index is -0.410. The fourth-order valence-electron chi connectivity index (χ4n) is 2.40. The lowest BCUT2D eigenvalue weighted by molar-refractivity contribution is 0.0603. The first-order valence-electron chi connectivity index (χ1n) is 7.24. The molecule has 2 aromatic rings. The topological polar surface area (TPSA) is 88.6 Å². The van der Waals surface area contributed by atoms with Crippen molar-refractivity contribution in [2.75, 3.05) is 25.6 Å². The predicted octanol–water partition coefficient (Wildman–Crippen LogP) is 1.95. The minimum Gasteiger partial charge on any atom is -0.383 e. The van der Waals surface area contributed by atoms with Crippen molar-refractivity contribution in [1.82, 2.24) is 9.88 Å². The molecule has 0 saturated heterocycles. The first-order valence-corrected chi connectivity index (χ1v) is 8.12. The Balaban J connectivity index is 1.82. The van der Waals surface area contributed by atoms with E-state index in [0.717, 1.165) is 10.6 Å². The van der Waals surface area contributed by atoms with Crippen LogP contribution in [0.5, 0.6) is 0 Å². The highest BCUT2D eigenvalue weighted by Crippen LogP contribution is 2.24. The number of hydrogen-bond acceptors (Lipinski definition) is 6. The molecule has 7 nitrogen and oxygen atoms in total. The van der Waals surface area contributed by atoms with Crippen LogP contribution in [0.15, 0.2) is 23.6 Å². The normalized spacial score (nSPS) is 13.3. The molecule has 3 amide bonds. The average Bonchev–Trinajstić information content (AvgIpc) is 3.08. The van der Waals surface area contributed by atoms with Crippen molar-refractivity contribution in [2.45, 2.75) is 6.92 Å². The van der Waals surface area contributed by atoms with Crippen LogP contribution in [0.4, 0.5) is 5.13 Å². The standard InChI is InChI=1S/C16H15N3O4S/c1-9-8-24-16(17-9)18-13(20)10-3-4-11-12(7-10)15(22)19(14(11)21)5-6-23-2/h3-4,7-8H,5-6H2,1-2H3,(H,17,18,20). The molecule has 0 unspecified atom stereocenters. The summed E-state index contributed by atoms with van der Waals surface area (Å²) >= 11 is 1.32. The SMILES string of the molecule is COCCN1C(=O)c2ccc(C(=O)Nc3nc(C)cs3)cc2C1=O.